The van der Waals surface area contributed by atoms with E-state index >= 15 is 0 Å². The van der Waals surface area contributed by atoms with Gasteiger partial charge in [-0.2, -0.15) is 0 Å². The molecule has 0 fully saturated rings. The smallest absolute Gasteiger partial charge is 0.462 e. The van der Waals surface area contributed by atoms with Crippen molar-refractivity contribution in [1.82, 2.24) is 0 Å². The summed E-state index contributed by atoms with van der Waals surface area (Å²) in [6.07, 6.45) is 47.1. The van der Waals surface area contributed by atoms with Crippen LogP contribution in [0.15, 0.2) is 0 Å². The molecule has 0 bridgehead atoms. The van der Waals surface area contributed by atoms with Gasteiger partial charge in [0.25, 0.3) is 0 Å². The third-order valence-electron chi connectivity index (χ3n) is 15.8. The fourth-order valence-electron chi connectivity index (χ4n) is 10.3. The maximum absolute atomic E-state index is 13.0. The van der Waals surface area contributed by atoms with Crippen LogP contribution in [0.4, 0.5) is 0 Å². The van der Waals surface area contributed by atoms with Gasteiger partial charge in [-0.1, -0.05) is 298 Å². The van der Waals surface area contributed by atoms with Gasteiger partial charge in [0.2, 0.25) is 0 Å². The summed E-state index contributed by atoms with van der Waals surface area (Å²) in [5.41, 5.74) is 0. The van der Waals surface area contributed by atoms with Crippen molar-refractivity contribution in [2.24, 2.45) is 5.92 Å². The molecule has 0 amide bonds. The minimum Gasteiger partial charge on any atom is -0.462 e. The molecule has 19 heteroatoms. The summed E-state index contributed by atoms with van der Waals surface area (Å²) in [6.45, 7) is 7.21. The van der Waals surface area contributed by atoms with Crippen LogP contribution in [0, 0.1) is 5.92 Å². The van der Waals surface area contributed by atoms with Crippen LogP contribution in [-0.2, 0) is 65.4 Å². The lowest BCUT2D eigenvalue weighted by Gasteiger charge is -2.21. The van der Waals surface area contributed by atoms with E-state index in [9.17, 15) is 43.2 Å². The van der Waals surface area contributed by atoms with Gasteiger partial charge in [-0.15, -0.1) is 0 Å². The van der Waals surface area contributed by atoms with Crippen LogP contribution in [0.1, 0.15) is 349 Å². The quantitative estimate of drug-likeness (QED) is 0.0222. The van der Waals surface area contributed by atoms with Gasteiger partial charge >= 0.3 is 39.5 Å². The molecule has 17 nitrogen and oxygen atoms in total. The maximum Gasteiger partial charge on any atom is 0.472 e. The first-order chi connectivity index (χ1) is 42.0. The van der Waals surface area contributed by atoms with E-state index in [0.717, 1.165) is 102 Å². The SMILES string of the molecule is CCCCCCCCCCCCCCCCC(=O)OC[C@H](COP(=O)(O)OC[C@@H](O)COP(=O)(O)OC[C@@H](COC(=O)CCCCCCCCCC)OC(=O)CCCCCCCCCCCCC)OC(=O)CCCCCCCCCCCCCC(C)C. The van der Waals surface area contributed by atoms with Crippen molar-refractivity contribution in [2.75, 3.05) is 39.6 Å². The Morgan fingerprint density at radius 1 is 0.310 bits per heavy atom. The van der Waals surface area contributed by atoms with Crippen molar-refractivity contribution >= 4 is 39.5 Å². The number of unbranched alkanes of at least 4 members (excludes halogenated alkanes) is 40. The van der Waals surface area contributed by atoms with Crippen molar-refractivity contribution in [2.45, 2.75) is 368 Å². The Morgan fingerprint density at radius 3 is 0.782 bits per heavy atom. The molecule has 2 unspecified atom stereocenters. The molecule has 0 saturated carbocycles. The molecule has 0 rings (SSSR count). The number of ether oxygens (including phenoxy) is 4. The molecule has 0 saturated heterocycles. The van der Waals surface area contributed by atoms with Crippen molar-refractivity contribution in [3.05, 3.63) is 0 Å². The van der Waals surface area contributed by atoms with Gasteiger partial charge in [0, 0.05) is 25.7 Å². The predicted octanol–water partition coefficient (Wildman–Crippen LogP) is 19.4. The first kappa shape index (κ1) is 85.1. The highest BCUT2D eigenvalue weighted by atomic mass is 31.2. The molecule has 0 aromatic carbocycles. The zero-order valence-electron chi connectivity index (χ0n) is 56.2. The van der Waals surface area contributed by atoms with E-state index in [2.05, 4.69) is 34.6 Å². The van der Waals surface area contributed by atoms with E-state index in [-0.39, 0.29) is 25.7 Å². The Hall–Kier alpha value is -1.94. The Kier molecular flexibility index (Phi) is 60.2. The van der Waals surface area contributed by atoms with E-state index in [1.54, 1.807) is 0 Å². The number of esters is 4. The summed E-state index contributed by atoms with van der Waals surface area (Å²) < 4.78 is 68.1. The van der Waals surface area contributed by atoms with Crippen LogP contribution in [0.5, 0.6) is 0 Å². The molecular weight excluding hydrogens is 1150 g/mol. The molecule has 5 atom stereocenters. The molecule has 0 spiro atoms. The summed E-state index contributed by atoms with van der Waals surface area (Å²) in [5, 5.41) is 10.6. The van der Waals surface area contributed by atoms with E-state index < -0.39 is 97.5 Å². The molecule has 0 heterocycles. The molecule has 0 aliphatic carbocycles. The molecule has 0 aliphatic rings. The lowest BCUT2D eigenvalue weighted by Crippen LogP contribution is -2.30. The van der Waals surface area contributed by atoms with Gasteiger partial charge < -0.3 is 33.8 Å². The number of aliphatic hydroxyl groups excluding tert-OH is 1. The van der Waals surface area contributed by atoms with E-state index in [0.29, 0.717) is 25.7 Å². The molecule has 0 aliphatic heterocycles. The third-order valence-corrected chi connectivity index (χ3v) is 17.7. The standard InChI is InChI=1S/C68H132O17P2/c1-6-9-12-15-18-21-23-24-25-29-32-37-42-47-52-66(71)79-58-64(85-68(73)54-49-44-39-34-30-26-28-31-35-40-45-50-61(4)5)60-83-87(76,77)81-56-62(69)55-80-86(74,75)82-59-63(57-78-65(70)51-46-41-36-20-17-14-11-8-3)84-67(72)53-48-43-38-33-27-22-19-16-13-10-7-2/h61-64,69H,6-60H2,1-5H3,(H,74,75)(H,76,77)/t62-,63+,64+/m0/s1. The Bertz CT molecular complexity index is 1690. The molecule has 0 aromatic heterocycles. The van der Waals surface area contributed by atoms with Crippen molar-refractivity contribution in [1.29, 1.82) is 0 Å². The third kappa shape index (κ3) is 62.6. The maximum atomic E-state index is 13.0. The Balaban J connectivity index is 5.22. The number of phosphoric ester groups is 2. The lowest BCUT2D eigenvalue weighted by atomic mass is 10.0. The average Bonchev–Trinajstić information content (AvgIpc) is 3.59. The second-order valence-electron chi connectivity index (χ2n) is 25.0. The van der Waals surface area contributed by atoms with Crippen molar-refractivity contribution in [3.8, 4) is 0 Å². The molecular formula is C68H132O17P2. The largest absolute Gasteiger partial charge is 0.472 e. The summed E-state index contributed by atoms with van der Waals surface area (Å²) in [4.78, 5) is 72.4. The summed E-state index contributed by atoms with van der Waals surface area (Å²) in [7, 11) is -9.89. The minimum absolute atomic E-state index is 0.107. The van der Waals surface area contributed by atoms with Crippen LogP contribution in [0.3, 0.4) is 0 Å². The number of rotatable bonds is 68. The van der Waals surface area contributed by atoms with E-state index in [1.165, 1.54) is 167 Å². The van der Waals surface area contributed by atoms with Crippen molar-refractivity contribution in [3.63, 3.8) is 0 Å². The van der Waals surface area contributed by atoms with Crippen LogP contribution in [0.2, 0.25) is 0 Å². The van der Waals surface area contributed by atoms with Gasteiger partial charge in [-0.25, -0.2) is 9.13 Å². The fraction of sp³-hybridized carbons (Fsp3) is 0.941. The average molecular weight is 1280 g/mol. The number of carbonyl (C=O) groups is 4. The topological polar surface area (TPSA) is 237 Å². The van der Waals surface area contributed by atoms with Crippen molar-refractivity contribution < 1.29 is 80.2 Å². The summed E-state index contributed by atoms with van der Waals surface area (Å²) in [6, 6.07) is 0. The number of aliphatic hydroxyl groups is 1. The van der Waals surface area contributed by atoms with Gasteiger partial charge in [0.05, 0.1) is 26.4 Å². The van der Waals surface area contributed by atoms with E-state index in [4.69, 9.17) is 37.0 Å². The number of hydrogen-bond donors (Lipinski definition) is 3. The fourth-order valence-corrected chi connectivity index (χ4v) is 11.9. The Morgan fingerprint density at radius 2 is 0.529 bits per heavy atom. The van der Waals surface area contributed by atoms with Crippen LogP contribution in [0.25, 0.3) is 0 Å². The second kappa shape index (κ2) is 61.6. The van der Waals surface area contributed by atoms with E-state index in [1.807, 2.05) is 0 Å². The molecule has 87 heavy (non-hydrogen) atoms. The number of carbonyl (C=O) groups excluding carboxylic acids is 4. The molecule has 516 valence electrons. The summed E-state index contributed by atoms with van der Waals surface area (Å²) in [5.74, 6) is -1.36. The van der Waals surface area contributed by atoms with Gasteiger partial charge in [0.1, 0.15) is 19.3 Å². The normalized spacial score (nSPS) is 14.1. The molecule has 0 radical (unpaired) electrons. The lowest BCUT2D eigenvalue weighted by molar-refractivity contribution is -0.161. The van der Waals surface area contributed by atoms with Crippen LogP contribution in [-0.4, -0.2) is 96.7 Å². The highest BCUT2D eigenvalue weighted by Gasteiger charge is 2.30. The monoisotopic (exact) mass is 1280 g/mol. The molecule has 0 aromatic rings. The first-order valence-corrected chi connectivity index (χ1v) is 38.6. The highest BCUT2D eigenvalue weighted by molar-refractivity contribution is 7.47. The zero-order valence-corrected chi connectivity index (χ0v) is 57.9. The van der Waals surface area contributed by atoms with Crippen LogP contribution >= 0.6 is 15.6 Å². The second-order valence-corrected chi connectivity index (χ2v) is 27.9. The number of hydrogen-bond acceptors (Lipinski definition) is 15. The number of phosphoric acid groups is 2. The van der Waals surface area contributed by atoms with Crippen LogP contribution < -0.4 is 0 Å². The predicted molar refractivity (Wildman–Crippen MR) is 349 cm³/mol. The molecule has 3 N–H and O–H groups in total. The minimum atomic E-state index is -4.95. The first-order valence-electron chi connectivity index (χ1n) is 35.6. The van der Waals surface area contributed by atoms with Gasteiger partial charge in [-0.3, -0.25) is 37.3 Å². The highest BCUT2D eigenvalue weighted by Crippen LogP contribution is 2.45. The van der Waals surface area contributed by atoms with Gasteiger partial charge in [0.15, 0.2) is 12.2 Å². The van der Waals surface area contributed by atoms with Gasteiger partial charge in [-0.05, 0) is 31.6 Å². The summed E-state index contributed by atoms with van der Waals surface area (Å²) >= 11 is 0. The zero-order chi connectivity index (χ0) is 64.2. The Labute approximate surface area is 530 Å².